The zero-order valence-corrected chi connectivity index (χ0v) is 11.6. The molecule has 0 saturated heterocycles. The summed E-state index contributed by atoms with van der Waals surface area (Å²) in [5.74, 6) is -0.475. The van der Waals surface area contributed by atoms with Crippen molar-refractivity contribution in [2.45, 2.75) is 19.5 Å². The van der Waals surface area contributed by atoms with Crippen molar-refractivity contribution >= 4 is 5.97 Å². The van der Waals surface area contributed by atoms with Gasteiger partial charge in [0.1, 0.15) is 5.76 Å². The molecule has 0 fully saturated rings. The predicted molar refractivity (Wildman–Crippen MR) is 69.3 cm³/mol. The third-order valence-corrected chi connectivity index (χ3v) is 2.85. The molecule has 1 heterocycles. The lowest BCUT2D eigenvalue weighted by atomic mass is 10.2. The maximum atomic E-state index is 10.8. The van der Waals surface area contributed by atoms with E-state index in [4.69, 9.17) is 19.0 Å². The minimum absolute atomic E-state index is 0.0407. The Hall–Kier alpha value is -1.37. The first-order valence-corrected chi connectivity index (χ1v) is 6.12. The molecule has 108 valence electrons. The molecule has 6 heteroatoms. The van der Waals surface area contributed by atoms with Crippen molar-refractivity contribution in [1.29, 1.82) is 0 Å². The van der Waals surface area contributed by atoms with Crippen molar-refractivity contribution in [2.75, 3.05) is 34.0 Å². The van der Waals surface area contributed by atoms with Crippen LogP contribution in [0.3, 0.4) is 0 Å². The number of hydrogen-bond donors (Lipinski definition) is 1. The van der Waals surface area contributed by atoms with E-state index in [0.717, 1.165) is 6.54 Å². The van der Waals surface area contributed by atoms with Crippen LogP contribution in [-0.4, -0.2) is 56.0 Å². The van der Waals surface area contributed by atoms with Gasteiger partial charge in [-0.2, -0.15) is 0 Å². The molecule has 1 aromatic heterocycles. The largest absolute Gasteiger partial charge is 0.475 e. The summed E-state index contributed by atoms with van der Waals surface area (Å²) in [5, 5.41) is 8.82. The van der Waals surface area contributed by atoms with E-state index >= 15 is 0 Å². The van der Waals surface area contributed by atoms with Crippen LogP contribution in [-0.2, 0) is 16.0 Å². The molecule has 0 aromatic carbocycles. The van der Waals surface area contributed by atoms with E-state index in [0.29, 0.717) is 25.5 Å². The number of nitrogens with zero attached hydrogens (tertiary/aromatic N) is 1. The molecule has 1 rings (SSSR count). The molecule has 0 spiro atoms. The Morgan fingerprint density at radius 1 is 1.42 bits per heavy atom. The summed E-state index contributed by atoms with van der Waals surface area (Å²) >= 11 is 0. The molecule has 0 radical (unpaired) electrons. The van der Waals surface area contributed by atoms with Crippen molar-refractivity contribution in [3.05, 3.63) is 23.7 Å². The number of carboxylic acids is 1. The van der Waals surface area contributed by atoms with Crippen LogP contribution in [0, 0.1) is 0 Å². The summed E-state index contributed by atoms with van der Waals surface area (Å²) in [7, 11) is 3.30. The van der Waals surface area contributed by atoms with Crippen molar-refractivity contribution in [3.63, 3.8) is 0 Å². The third kappa shape index (κ3) is 5.02. The normalized spacial score (nSPS) is 12.8. The quantitative estimate of drug-likeness (QED) is 0.733. The smallest absolute Gasteiger partial charge is 0.371 e. The van der Waals surface area contributed by atoms with E-state index in [-0.39, 0.29) is 11.8 Å². The first-order valence-electron chi connectivity index (χ1n) is 6.12. The Bertz CT molecular complexity index is 390. The second-order valence-electron chi connectivity index (χ2n) is 4.34. The first-order chi connectivity index (χ1) is 9.08. The predicted octanol–water partition coefficient (Wildman–Crippen LogP) is 1.46. The molecule has 0 bridgehead atoms. The summed E-state index contributed by atoms with van der Waals surface area (Å²) in [6.45, 7) is 4.49. The SMILES string of the molecule is COCCN(Cc1ccc(C(=O)O)o1)C(C)COC. The Labute approximate surface area is 112 Å². The summed E-state index contributed by atoms with van der Waals surface area (Å²) in [6.07, 6.45) is 0. The molecular formula is C13H21NO5. The van der Waals surface area contributed by atoms with Gasteiger partial charge in [-0.3, -0.25) is 4.90 Å². The molecule has 1 N–H and O–H groups in total. The average molecular weight is 271 g/mol. The van der Waals surface area contributed by atoms with Crippen LogP contribution < -0.4 is 0 Å². The average Bonchev–Trinajstić information content (AvgIpc) is 2.83. The molecule has 6 nitrogen and oxygen atoms in total. The monoisotopic (exact) mass is 271 g/mol. The van der Waals surface area contributed by atoms with Crippen LogP contribution in [0.4, 0.5) is 0 Å². The van der Waals surface area contributed by atoms with Gasteiger partial charge >= 0.3 is 5.97 Å². The molecule has 1 atom stereocenters. The van der Waals surface area contributed by atoms with E-state index in [1.54, 1.807) is 20.3 Å². The van der Waals surface area contributed by atoms with E-state index in [9.17, 15) is 4.79 Å². The summed E-state index contributed by atoms with van der Waals surface area (Å²) in [5.41, 5.74) is 0. The van der Waals surface area contributed by atoms with Crippen molar-refractivity contribution < 1.29 is 23.8 Å². The molecule has 1 unspecified atom stereocenters. The van der Waals surface area contributed by atoms with Crippen LogP contribution in [0.25, 0.3) is 0 Å². The standard InChI is InChI=1S/C13H21NO5/c1-10(9-18-3)14(6-7-17-2)8-11-4-5-12(19-11)13(15)16/h4-5,10H,6-9H2,1-3H3,(H,15,16). The fourth-order valence-corrected chi connectivity index (χ4v) is 1.79. The van der Waals surface area contributed by atoms with E-state index in [1.165, 1.54) is 6.07 Å². The van der Waals surface area contributed by atoms with Gasteiger partial charge in [-0.1, -0.05) is 0 Å². The van der Waals surface area contributed by atoms with Crippen LogP contribution in [0.1, 0.15) is 23.2 Å². The van der Waals surface area contributed by atoms with Gasteiger partial charge < -0.3 is 19.0 Å². The Morgan fingerprint density at radius 2 is 2.16 bits per heavy atom. The van der Waals surface area contributed by atoms with Gasteiger partial charge in [0.25, 0.3) is 0 Å². The molecule has 1 aromatic rings. The lowest BCUT2D eigenvalue weighted by molar-refractivity contribution is 0.0614. The number of carboxylic acid groups (broad SMARTS) is 1. The molecule has 0 saturated carbocycles. The van der Waals surface area contributed by atoms with Crippen LogP contribution >= 0.6 is 0 Å². The number of furan rings is 1. The molecule has 0 amide bonds. The topological polar surface area (TPSA) is 72.1 Å². The zero-order chi connectivity index (χ0) is 14.3. The number of hydrogen-bond acceptors (Lipinski definition) is 5. The maximum absolute atomic E-state index is 10.8. The summed E-state index contributed by atoms with van der Waals surface area (Å²) in [6, 6.07) is 3.34. The van der Waals surface area contributed by atoms with Gasteiger partial charge in [0.05, 0.1) is 19.8 Å². The van der Waals surface area contributed by atoms with Crippen molar-refractivity contribution in [3.8, 4) is 0 Å². The number of carbonyl (C=O) groups is 1. The van der Waals surface area contributed by atoms with Gasteiger partial charge in [0.15, 0.2) is 0 Å². The lowest BCUT2D eigenvalue weighted by Crippen LogP contribution is -2.37. The summed E-state index contributed by atoms with van der Waals surface area (Å²) in [4.78, 5) is 12.9. The highest BCUT2D eigenvalue weighted by Gasteiger charge is 2.17. The van der Waals surface area contributed by atoms with Crippen LogP contribution in [0.2, 0.25) is 0 Å². The molecule has 0 aliphatic rings. The summed E-state index contributed by atoms with van der Waals surface area (Å²) < 4.78 is 15.5. The lowest BCUT2D eigenvalue weighted by Gasteiger charge is -2.27. The minimum atomic E-state index is -1.06. The zero-order valence-electron chi connectivity index (χ0n) is 11.6. The maximum Gasteiger partial charge on any atom is 0.371 e. The molecular weight excluding hydrogens is 250 g/mol. The van der Waals surface area contributed by atoms with Crippen molar-refractivity contribution in [2.24, 2.45) is 0 Å². The Balaban J connectivity index is 2.66. The highest BCUT2D eigenvalue weighted by molar-refractivity contribution is 5.84. The number of ether oxygens (including phenoxy) is 2. The fraction of sp³-hybridized carbons (Fsp3) is 0.615. The van der Waals surface area contributed by atoms with E-state index < -0.39 is 5.97 Å². The van der Waals surface area contributed by atoms with Crippen LogP contribution in [0.15, 0.2) is 16.5 Å². The highest BCUT2D eigenvalue weighted by atomic mass is 16.5. The van der Waals surface area contributed by atoms with Gasteiger partial charge in [0.2, 0.25) is 5.76 Å². The molecule has 0 aliphatic carbocycles. The second-order valence-corrected chi connectivity index (χ2v) is 4.34. The van der Waals surface area contributed by atoms with Gasteiger partial charge in [-0.15, -0.1) is 0 Å². The molecule has 19 heavy (non-hydrogen) atoms. The number of aromatic carboxylic acids is 1. The van der Waals surface area contributed by atoms with Gasteiger partial charge in [-0.25, -0.2) is 4.79 Å². The van der Waals surface area contributed by atoms with E-state index in [1.807, 2.05) is 6.92 Å². The number of rotatable bonds is 9. The highest BCUT2D eigenvalue weighted by Crippen LogP contribution is 2.13. The van der Waals surface area contributed by atoms with E-state index in [2.05, 4.69) is 4.90 Å². The van der Waals surface area contributed by atoms with Gasteiger partial charge in [0, 0.05) is 26.8 Å². The Morgan fingerprint density at radius 3 is 2.68 bits per heavy atom. The Kier molecular flexibility index (Phi) is 6.55. The van der Waals surface area contributed by atoms with Crippen LogP contribution in [0.5, 0.6) is 0 Å². The number of methoxy groups -OCH3 is 2. The minimum Gasteiger partial charge on any atom is -0.475 e. The van der Waals surface area contributed by atoms with Gasteiger partial charge in [-0.05, 0) is 19.1 Å². The second kappa shape index (κ2) is 7.93. The molecule has 0 aliphatic heterocycles. The fourth-order valence-electron chi connectivity index (χ4n) is 1.79. The van der Waals surface area contributed by atoms with Crippen molar-refractivity contribution in [1.82, 2.24) is 4.90 Å². The third-order valence-electron chi connectivity index (χ3n) is 2.85. The first kappa shape index (κ1) is 15.7.